The van der Waals surface area contributed by atoms with Crippen LogP contribution in [0.25, 0.3) is 10.8 Å². The highest BCUT2D eigenvalue weighted by Crippen LogP contribution is 2.37. The second-order valence-electron chi connectivity index (χ2n) is 8.24. The minimum atomic E-state index is -0.359. The molecule has 3 aromatic rings. The zero-order valence-electron chi connectivity index (χ0n) is 17.6. The molecular weight excluding hydrogens is 426 g/mol. The molecule has 0 spiro atoms. The topological polar surface area (TPSA) is 69.7 Å². The van der Waals surface area contributed by atoms with Crippen LogP contribution in [0.5, 0.6) is 0 Å². The van der Waals surface area contributed by atoms with Crippen molar-refractivity contribution in [3.63, 3.8) is 0 Å². The third kappa shape index (κ3) is 3.41. The molecule has 0 unspecified atom stereocenters. The summed E-state index contributed by atoms with van der Waals surface area (Å²) in [7, 11) is 0. The third-order valence-corrected chi connectivity index (χ3v) is 6.51. The standard InChI is InChI=1S/C25H22ClN3O3/c1-15(30)28-12-10-17(11-13-28)27-22-9-8-21-23-19(22)6-3-7-20(23)24(31)29(25(21)32)18-5-2-4-16(26)14-18/h2-9,14,17,27H,10-13H2,1H3. The second-order valence-corrected chi connectivity index (χ2v) is 8.68. The SMILES string of the molecule is CC(=O)N1CCC(Nc2ccc3c4c(cccc24)C(=O)N(c2cccc(Cl)c2)C3=O)CC1. The van der Waals surface area contributed by atoms with Crippen molar-refractivity contribution in [2.45, 2.75) is 25.8 Å². The van der Waals surface area contributed by atoms with Gasteiger partial charge in [-0.15, -0.1) is 0 Å². The van der Waals surface area contributed by atoms with Crippen LogP contribution < -0.4 is 10.2 Å². The van der Waals surface area contributed by atoms with Crippen molar-refractivity contribution < 1.29 is 14.4 Å². The molecule has 6 nitrogen and oxygen atoms in total. The Kier molecular flexibility index (Phi) is 5.10. The lowest BCUT2D eigenvalue weighted by Crippen LogP contribution is -2.41. The number of imide groups is 1. The van der Waals surface area contributed by atoms with Gasteiger partial charge in [0.15, 0.2) is 0 Å². The summed E-state index contributed by atoms with van der Waals surface area (Å²) in [5.74, 6) is -0.615. The minimum Gasteiger partial charge on any atom is -0.382 e. The lowest BCUT2D eigenvalue weighted by atomic mass is 9.92. The third-order valence-electron chi connectivity index (χ3n) is 6.27. The molecule has 2 aliphatic rings. The van der Waals surface area contributed by atoms with Crippen molar-refractivity contribution in [2.24, 2.45) is 0 Å². The monoisotopic (exact) mass is 447 g/mol. The van der Waals surface area contributed by atoms with Crippen LogP contribution in [0.3, 0.4) is 0 Å². The summed E-state index contributed by atoms with van der Waals surface area (Å²) in [6, 6.07) is 16.2. The van der Waals surface area contributed by atoms with E-state index in [0.717, 1.165) is 37.0 Å². The van der Waals surface area contributed by atoms with Gasteiger partial charge < -0.3 is 10.2 Å². The summed E-state index contributed by atoms with van der Waals surface area (Å²) in [5.41, 5.74) is 2.33. The molecule has 0 aromatic heterocycles. The predicted molar refractivity (Wildman–Crippen MR) is 125 cm³/mol. The van der Waals surface area contributed by atoms with Gasteiger partial charge in [0.2, 0.25) is 5.91 Å². The molecule has 0 saturated carbocycles. The quantitative estimate of drug-likeness (QED) is 0.590. The Hall–Kier alpha value is -3.38. The number of carbonyl (C=O) groups excluding carboxylic acids is 3. The number of likely N-dealkylation sites (tertiary alicyclic amines) is 1. The Balaban J connectivity index is 1.51. The average Bonchev–Trinajstić information content (AvgIpc) is 2.78. The fraction of sp³-hybridized carbons (Fsp3) is 0.240. The molecule has 1 saturated heterocycles. The Bertz CT molecular complexity index is 1240. The first-order valence-electron chi connectivity index (χ1n) is 10.7. The minimum absolute atomic E-state index is 0.103. The van der Waals surface area contributed by atoms with Crippen molar-refractivity contribution in [1.82, 2.24) is 4.90 Å². The molecule has 2 heterocycles. The first-order chi connectivity index (χ1) is 15.4. The van der Waals surface area contributed by atoms with Crippen LogP contribution in [0.1, 0.15) is 40.5 Å². The number of anilines is 2. The number of amides is 3. The van der Waals surface area contributed by atoms with Crippen LogP contribution in [0.15, 0.2) is 54.6 Å². The highest BCUT2D eigenvalue weighted by molar-refractivity contribution is 6.37. The molecule has 5 rings (SSSR count). The number of piperidine rings is 1. The van der Waals surface area contributed by atoms with Gasteiger partial charge in [0.05, 0.1) is 5.69 Å². The molecule has 3 aromatic carbocycles. The first-order valence-corrected chi connectivity index (χ1v) is 11.0. The van der Waals surface area contributed by atoms with Gasteiger partial charge in [0, 0.05) is 58.7 Å². The van der Waals surface area contributed by atoms with Crippen LogP contribution in [0, 0.1) is 0 Å². The van der Waals surface area contributed by atoms with Crippen LogP contribution in [-0.2, 0) is 4.79 Å². The lowest BCUT2D eigenvalue weighted by molar-refractivity contribution is -0.129. The summed E-state index contributed by atoms with van der Waals surface area (Å²) in [4.78, 5) is 41.3. The molecule has 0 radical (unpaired) electrons. The van der Waals surface area contributed by atoms with E-state index in [1.807, 2.05) is 23.1 Å². The van der Waals surface area contributed by atoms with E-state index in [2.05, 4.69) is 5.32 Å². The summed E-state index contributed by atoms with van der Waals surface area (Å²) < 4.78 is 0. The van der Waals surface area contributed by atoms with Crippen molar-refractivity contribution >= 4 is 51.5 Å². The average molecular weight is 448 g/mol. The zero-order valence-corrected chi connectivity index (χ0v) is 18.4. The van der Waals surface area contributed by atoms with Crippen LogP contribution in [0.4, 0.5) is 11.4 Å². The fourth-order valence-electron chi connectivity index (χ4n) is 4.63. The highest BCUT2D eigenvalue weighted by atomic mass is 35.5. The van der Waals surface area contributed by atoms with Crippen LogP contribution in [0.2, 0.25) is 5.02 Å². The summed E-state index contributed by atoms with van der Waals surface area (Å²) in [6.45, 7) is 3.04. The zero-order chi connectivity index (χ0) is 22.4. The van der Waals surface area contributed by atoms with Gasteiger partial charge >= 0.3 is 0 Å². The molecule has 3 amide bonds. The fourth-order valence-corrected chi connectivity index (χ4v) is 4.82. The Morgan fingerprint density at radius 3 is 2.34 bits per heavy atom. The van der Waals surface area contributed by atoms with E-state index in [-0.39, 0.29) is 23.8 Å². The molecular formula is C25H22ClN3O3. The van der Waals surface area contributed by atoms with Gasteiger partial charge in [-0.3, -0.25) is 14.4 Å². The van der Waals surface area contributed by atoms with Gasteiger partial charge in [-0.05, 0) is 49.2 Å². The van der Waals surface area contributed by atoms with Gasteiger partial charge in [-0.1, -0.05) is 29.8 Å². The normalized spacial score (nSPS) is 16.6. The van der Waals surface area contributed by atoms with Crippen LogP contribution >= 0.6 is 11.6 Å². The number of benzene rings is 3. The van der Waals surface area contributed by atoms with Gasteiger partial charge in [0.1, 0.15) is 0 Å². The number of nitrogens with one attached hydrogen (secondary N) is 1. The van der Waals surface area contributed by atoms with E-state index >= 15 is 0 Å². The molecule has 7 heteroatoms. The maximum Gasteiger partial charge on any atom is 0.265 e. The van der Waals surface area contributed by atoms with Crippen LogP contribution in [-0.4, -0.2) is 41.8 Å². The lowest BCUT2D eigenvalue weighted by Gasteiger charge is -2.33. The molecule has 0 atom stereocenters. The van der Waals surface area contributed by atoms with E-state index in [9.17, 15) is 14.4 Å². The van der Waals surface area contributed by atoms with Gasteiger partial charge in [-0.25, -0.2) is 4.90 Å². The Morgan fingerprint density at radius 2 is 1.66 bits per heavy atom. The molecule has 0 aliphatic carbocycles. The van der Waals surface area contributed by atoms with E-state index in [0.29, 0.717) is 27.2 Å². The summed E-state index contributed by atoms with van der Waals surface area (Å²) in [6.07, 6.45) is 1.70. The first kappa shape index (κ1) is 20.5. The van der Waals surface area contributed by atoms with E-state index < -0.39 is 0 Å². The van der Waals surface area contributed by atoms with Crippen molar-refractivity contribution in [2.75, 3.05) is 23.3 Å². The van der Waals surface area contributed by atoms with Gasteiger partial charge in [-0.2, -0.15) is 0 Å². The number of hydrogen-bond acceptors (Lipinski definition) is 4. The maximum absolute atomic E-state index is 13.3. The molecule has 32 heavy (non-hydrogen) atoms. The molecule has 2 aliphatic heterocycles. The smallest absolute Gasteiger partial charge is 0.265 e. The number of nitrogens with zero attached hydrogens (tertiary/aromatic N) is 2. The molecule has 1 fully saturated rings. The van der Waals surface area contributed by atoms with E-state index in [4.69, 9.17) is 11.6 Å². The van der Waals surface area contributed by atoms with Crippen molar-refractivity contribution in [1.29, 1.82) is 0 Å². The molecule has 0 bridgehead atoms. The van der Waals surface area contributed by atoms with E-state index in [1.165, 1.54) is 4.90 Å². The number of hydrogen-bond donors (Lipinski definition) is 1. The molecule has 162 valence electrons. The highest BCUT2D eigenvalue weighted by Gasteiger charge is 2.34. The molecule has 1 N–H and O–H groups in total. The van der Waals surface area contributed by atoms with Crippen molar-refractivity contribution in [3.8, 4) is 0 Å². The second kappa shape index (κ2) is 7.95. The van der Waals surface area contributed by atoms with E-state index in [1.54, 1.807) is 43.3 Å². The Morgan fingerprint density at radius 1 is 0.969 bits per heavy atom. The maximum atomic E-state index is 13.3. The number of halogens is 1. The summed E-state index contributed by atoms with van der Waals surface area (Å²) >= 11 is 6.10. The largest absolute Gasteiger partial charge is 0.382 e. The Labute approximate surface area is 190 Å². The number of rotatable bonds is 3. The van der Waals surface area contributed by atoms with Gasteiger partial charge in [0.25, 0.3) is 11.8 Å². The predicted octanol–water partition coefficient (Wildman–Crippen LogP) is 4.72. The summed E-state index contributed by atoms with van der Waals surface area (Å²) in [5, 5.41) is 5.56. The van der Waals surface area contributed by atoms with Crippen molar-refractivity contribution in [3.05, 3.63) is 70.7 Å². The number of carbonyl (C=O) groups is 3.